The maximum absolute atomic E-state index is 10.9. The highest BCUT2D eigenvalue weighted by atomic mass is 16.4. The SMILES string of the molecule is CC1C2CCC3C(CC(=O)O)C(C2)C13C. The van der Waals surface area contributed by atoms with Crippen molar-refractivity contribution in [2.75, 3.05) is 0 Å². The van der Waals surface area contributed by atoms with E-state index in [1.807, 2.05) is 0 Å². The van der Waals surface area contributed by atoms with E-state index in [0.717, 1.165) is 17.8 Å². The predicted molar refractivity (Wildman–Crippen MR) is 57.3 cm³/mol. The third-order valence-electron chi connectivity index (χ3n) is 6.14. The van der Waals surface area contributed by atoms with Crippen LogP contribution in [0.5, 0.6) is 0 Å². The molecule has 3 saturated carbocycles. The number of hydrogen-bond donors (Lipinski definition) is 1. The first-order chi connectivity index (χ1) is 7.05. The lowest BCUT2D eigenvalue weighted by Gasteiger charge is -2.60. The molecule has 0 radical (unpaired) electrons. The zero-order valence-electron chi connectivity index (χ0n) is 9.57. The number of fused-ring (bicyclic) bond motifs is 1. The van der Waals surface area contributed by atoms with Gasteiger partial charge in [-0.1, -0.05) is 13.8 Å². The molecule has 15 heavy (non-hydrogen) atoms. The van der Waals surface area contributed by atoms with Crippen LogP contribution in [0.15, 0.2) is 0 Å². The normalized spacial score (nSPS) is 56.3. The van der Waals surface area contributed by atoms with Gasteiger partial charge in [-0.15, -0.1) is 0 Å². The molecule has 0 aromatic heterocycles. The van der Waals surface area contributed by atoms with Gasteiger partial charge in [-0.3, -0.25) is 4.79 Å². The molecule has 0 aromatic rings. The van der Waals surface area contributed by atoms with Gasteiger partial charge in [0.25, 0.3) is 0 Å². The van der Waals surface area contributed by atoms with Gasteiger partial charge >= 0.3 is 5.97 Å². The Labute approximate surface area is 91.1 Å². The van der Waals surface area contributed by atoms with Crippen LogP contribution in [-0.4, -0.2) is 11.1 Å². The van der Waals surface area contributed by atoms with Crippen molar-refractivity contribution >= 4 is 5.97 Å². The van der Waals surface area contributed by atoms with Crippen LogP contribution in [0.25, 0.3) is 0 Å². The maximum Gasteiger partial charge on any atom is 0.303 e. The van der Waals surface area contributed by atoms with Crippen molar-refractivity contribution in [3.05, 3.63) is 0 Å². The summed E-state index contributed by atoms with van der Waals surface area (Å²) in [6.07, 6.45) is 4.38. The molecule has 3 aliphatic carbocycles. The van der Waals surface area contributed by atoms with Crippen molar-refractivity contribution in [2.45, 2.75) is 39.5 Å². The molecule has 0 amide bonds. The zero-order valence-corrected chi connectivity index (χ0v) is 9.57. The molecule has 6 atom stereocenters. The summed E-state index contributed by atoms with van der Waals surface area (Å²) in [6, 6.07) is 0. The number of carbonyl (C=O) groups is 1. The Bertz CT molecular complexity index is 304. The topological polar surface area (TPSA) is 37.3 Å². The van der Waals surface area contributed by atoms with Crippen molar-refractivity contribution in [1.29, 1.82) is 0 Å². The van der Waals surface area contributed by atoms with Crippen molar-refractivity contribution < 1.29 is 9.90 Å². The highest BCUT2D eigenvalue weighted by Crippen LogP contribution is 2.73. The Kier molecular flexibility index (Phi) is 1.79. The predicted octanol–water partition coefficient (Wildman–Crippen LogP) is 2.78. The summed E-state index contributed by atoms with van der Waals surface area (Å²) in [5, 5.41) is 8.95. The van der Waals surface area contributed by atoms with Gasteiger partial charge in [0.1, 0.15) is 0 Å². The summed E-state index contributed by atoms with van der Waals surface area (Å²) >= 11 is 0. The lowest BCUT2D eigenvalue weighted by Crippen LogP contribution is -2.56. The van der Waals surface area contributed by atoms with E-state index < -0.39 is 5.97 Å². The minimum atomic E-state index is -0.593. The Hall–Kier alpha value is -0.530. The molecule has 2 heteroatoms. The fraction of sp³-hybridized carbons (Fsp3) is 0.923. The van der Waals surface area contributed by atoms with Gasteiger partial charge in [0.05, 0.1) is 0 Å². The van der Waals surface area contributed by atoms with Crippen molar-refractivity contribution in [3.8, 4) is 0 Å². The van der Waals surface area contributed by atoms with Crippen molar-refractivity contribution in [2.24, 2.45) is 35.0 Å². The van der Waals surface area contributed by atoms with Crippen LogP contribution < -0.4 is 0 Å². The molecule has 0 aliphatic heterocycles. The summed E-state index contributed by atoms with van der Waals surface area (Å²) in [5.74, 6) is 3.09. The van der Waals surface area contributed by atoms with Crippen LogP contribution in [0, 0.1) is 35.0 Å². The first-order valence-electron chi connectivity index (χ1n) is 6.27. The summed E-state index contributed by atoms with van der Waals surface area (Å²) in [7, 11) is 0. The number of hydrogen-bond acceptors (Lipinski definition) is 1. The summed E-state index contributed by atoms with van der Waals surface area (Å²) in [5.41, 5.74) is 0.503. The van der Waals surface area contributed by atoms with Crippen LogP contribution >= 0.6 is 0 Å². The van der Waals surface area contributed by atoms with Crippen LogP contribution in [0.4, 0.5) is 0 Å². The second kappa shape index (κ2) is 2.78. The lowest BCUT2D eigenvalue weighted by molar-refractivity contribution is -0.157. The smallest absolute Gasteiger partial charge is 0.303 e. The molecular formula is C13H20O2. The van der Waals surface area contributed by atoms with Crippen LogP contribution in [0.3, 0.4) is 0 Å². The van der Waals surface area contributed by atoms with Crippen LogP contribution in [0.1, 0.15) is 39.5 Å². The molecule has 3 rings (SSSR count). The highest BCUT2D eigenvalue weighted by Gasteiger charge is 2.68. The van der Waals surface area contributed by atoms with Gasteiger partial charge in [0.2, 0.25) is 0 Å². The van der Waals surface area contributed by atoms with Gasteiger partial charge in [-0.05, 0) is 54.3 Å². The maximum atomic E-state index is 10.9. The third kappa shape index (κ3) is 0.982. The average molecular weight is 208 g/mol. The molecule has 3 fully saturated rings. The van der Waals surface area contributed by atoms with Crippen molar-refractivity contribution in [1.82, 2.24) is 0 Å². The monoisotopic (exact) mass is 208 g/mol. The Balaban J connectivity index is 1.86. The third-order valence-corrected chi connectivity index (χ3v) is 6.14. The van der Waals surface area contributed by atoms with Gasteiger partial charge in [-0.25, -0.2) is 0 Å². The Morgan fingerprint density at radius 3 is 2.80 bits per heavy atom. The summed E-state index contributed by atoms with van der Waals surface area (Å²) in [6.45, 7) is 4.82. The van der Waals surface area contributed by atoms with Gasteiger partial charge in [-0.2, -0.15) is 0 Å². The molecule has 2 bridgehead atoms. The molecule has 3 aliphatic rings. The number of carboxylic acid groups (broad SMARTS) is 1. The molecule has 0 saturated heterocycles. The first kappa shape index (κ1) is 9.68. The Morgan fingerprint density at radius 2 is 2.13 bits per heavy atom. The number of rotatable bonds is 2. The van der Waals surface area contributed by atoms with Crippen LogP contribution in [-0.2, 0) is 4.79 Å². The number of aliphatic carboxylic acids is 1. The van der Waals surface area contributed by atoms with E-state index in [4.69, 9.17) is 5.11 Å². The minimum Gasteiger partial charge on any atom is -0.481 e. The Morgan fingerprint density at radius 1 is 1.40 bits per heavy atom. The molecule has 1 N–H and O–H groups in total. The van der Waals surface area contributed by atoms with Crippen molar-refractivity contribution in [3.63, 3.8) is 0 Å². The fourth-order valence-corrected chi connectivity index (χ4v) is 5.27. The second-order valence-corrected chi connectivity index (χ2v) is 6.20. The zero-order chi connectivity index (χ0) is 10.8. The number of carboxylic acids is 1. The van der Waals surface area contributed by atoms with E-state index in [-0.39, 0.29) is 0 Å². The molecule has 0 heterocycles. The molecule has 0 aromatic carbocycles. The molecule has 84 valence electrons. The van der Waals surface area contributed by atoms with E-state index in [9.17, 15) is 4.79 Å². The van der Waals surface area contributed by atoms with E-state index in [0.29, 0.717) is 23.7 Å². The van der Waals surface area contributed by atoms with E-state index >= 15 is 0 Å². The highest BCUT2D eigenvalue weighted by molar-refractivity contribution is 5.67. The van der Waals surface area contributed by atoms with E-state index in [1.165, 1.54) is 19.3 Å². The molecule has 0 spiro atoms. The van der Waals surface area contributed by atoms with Gasteiger partial charge < -0.3 is 5.11 Å². The first-order valence-corrected chi connectivity index (χ1v) is 6.27. The standard InChI is InChI=1S/C13H20O2/c1-7-8-3-4-10-9(6-12(14)15)11(5-8)13(7,10)2/h7-11H,3-6H2,1-2H3,(H,14,15). The average Bonchev–Trinajstić information content (AvgIpc) is 2.38. The van der Waals surface area contributed by atoms with Crippen LogP contribution in [0.2, 0.25) is 0 Å². The quantitative estimate of drug-likeness (QED) is 0.757. The summed E-state index contributed by atoms with van der Waals surface area (Å²) < 4.78 is 0. The molecule has 6 unspecified atom stereocenters. The van der Waals surface area contributed by atoms with Gasteiger partial charge in [0.15, 0.2) is 0 Å². The van der Waals surface area contributed by atoms with Gasteiger partial charge in [0, 0.05) is 6.42 Å². The lowest BCUT2D eigenvalue weighted by atomic mass is 9.44. The largest absolute Gasteiger partial charge is 0.481 e. The molecule has 2 nitrogen and oxygen atoms in total. The second-order valence-electron chi connectivity index (χ2n) is 6.20. The minimum absolute atomic E-state index is 0.421. The molecular weight excluding hydrogens is 188 g/mol. The van der Waals surface area contributed by atoms with E-state index in [2.05, 4.69) is 13.8 Å². The summed E-state index contributed by atoms with van der Waals surface area (Å²) in [4.78, 5) is 10.9. The fourth-order valence-electron chi connectivity index (χ4n) is 5.27. The van der Waals surface area contributed by atoms with E-state index in [1.54, 1.807) is 0 Å².